The molecule has 1 heterocycles. The minimum atomic E-state index is -0.0599. The molecule has 0 amide bonds. The zero-order chi connectivity index (χ0) is 15.7. The summed E-state index contributed by atoms with van der Waals surface area (Å²) >= 11 is 1.42. The first kappa shape index (κ1) is 14.5. The maximum absolute atomic E-state index is 12.5. The van der Waals surface area contributed by atoms with Gasteiger partial charge in [-0.3, -0.25) is 4.79 Å². The van der Waals surface area contributed by atoms with Crippen LogP contribution in [0.5, 0.6) is 5.75 Å². The first-order chi connectivity index (χ1) is 10.6. The van der Waals surface area contributed by atoms with Crippen LogP contribution in [-0.2, 0) is 0 Å². The first-order valence-corrected chi connectivity index (χ1v) is 7.67. The molecule has 0 atom stereocenters. The van der Waals surface area contributed by atoms with Crippen molar-refractivity contribution in [1.29, 1.82) is 0 Å². The predicted octanol–water partition coefficient (Wildman–Crippen LogP) is 3.60. The lowest BCUT2D eigenvalue weighted by molar-refractivity contribution is 0.103. The molecule has 3 rings (SSSR count). The van der Waals surface area contributed by atoms with Crippen LogP contribution in [-0.4, -0.2) is 32.0 Å². The van der Waals surface area contributed by atoms with Gasteiger partial charge in [0.2, 0.25) is 5.78 Å². The Balaban J connectivity index is 1.96. The number of hydrogen-bond donors (Lipinski definition) is 0. The smallest absolute Gasteiger partial charge is 0.221 e. The molecular formula is C17H16N2O2S. The quantitative estimate of drug-likeness (QED) is 0.690. The SMILES string of the molecule is COc1ccc(C(=O)c2nc3ccc(N(C)C)cc3s2)cc1. The van der Waals surface area contributed by atoms with E-state index in [-0.39, 0.29) is 5.78 Å². The molecule has 0 aliphatic rings. The van der Waals surface area contributed by atoms with Crippen molar-refractivity contribution in [2.75, 3.05) is 26.1 Å². The summed E-state index contributed by atoms with van der Waals surface area (Å²) in [5, 5.41) is 0.510. The molecule has 5 heteroatoms. The number of anilines is 1. The van der Waals surface area contributed by atoms with E-state index in [9.17, 15) is 4.79 Å². The van der Waals surface area contributed by atoms with Crippen LogP contribution in [0.3, 0.4) is 0 Å². The van der Waals surface area contributed by atoms with Crippen LogP contribution in [0.4, 0.5) is 5.69 Å². The maximum Gasteiger partial charge on any atom is 0.221 e. The molecular weight excluding hydrogens is 296 g/mol. The summed E-state index contributed by atoms with van der Waals surface area (Å²) in [5.74, 6) is 0.673. The lowest BCUT2D eigenvalue weighted by Crippen LogP contribution is -2.07. The molecule has 0 aliphatic carbocycles. The van der Waals surface area contributed by atoms with E-state index in [1.165, 1.54) is 11.3 Å². The number of carbonyl (C=O) groups is 1. The summed E-state index contributed by atoms with van der Waals surface area (Å²) < 4.78 is 6.13. The highest BCUT2D eigenvalue weighted by molar-refractivity contribution is 7.20. The largest absolute Gasteiger partial charge is 0.497 e. The average molecular weight is 312 g/mol. The van der Waals surface area contributed by atoms with Gasteiger partial charge in [-0.05, 0) is 42.5 Å². The lowest BCUT2D eigenvalue weighted by atomic mass is 10.1. The standard InChI is InChI=1S/C17H16N2O2S/c1-19(2)12-6-9-14-15(10-12)22-17(18-14)16(20)11-4-7-13(21-3)8-5-11/h4-10H,1-3H3. The summed E-state index contributed by atoms with van der Waals surface area (Å²) in [5.41, 5.74) is 2.57. The summed E-state index contributed by atoms with van der Waals surface area (Å²) in [7, 11) is 5.59. The van der Waals surface area contributed by atoms with Gasteiger partial charge in [-0.2, -0.15) is 0 Å². The molecule has 0 aliphatic heterocycles. The highest BCUT2D eigenvalue weighted by Crippen LogP contribution is 2.28. The molecule has 2 aromatic carbocycles. The first-order valence-electron chi connectivity index (χ1n) is 6.85. The van der Waals surface area contributed by atoms with Gasteiger partial charge in [0.05, 0.1) is 17.3 Å². The van der Waals surface area contributed by atoms with Crippen LogP contribution in [0.25, 0.3) is 10.2 Å². The Morgan fingerprint density at radius 1 is 1.14 bits per heavy atom. The van der Waals surface area contributed by atoms with E-state index in [2.05, 4.69) is 11.1 Å². The predicted molar refractivity (Wildman–Crippen MR) is 90.4 cm³/mol. The molecule has 0 N–H and O–H groups in total. The Kier molecular flexibility index (Phi) is 3.81. The maximum atomic E-state index is 12.5. The van der Waals surface area contributed by atoms with Gasteiger partial charge in [0.15, 0.2) is 5.01 Å². The lowest BCUT2D eigenvalue weighted by Gasteiger charge is -2.11. The molecule has 0 unspecified atom stereocenters. The highest BCUT2D eigenvalue weighted by Gasteiger charge is 2.15. The third-order valence-electron chi connectivity index (χ3n) is 3.43. The van der Waals surface area contributed by atoms with Gasteiger partial charge >= 0.3 is 0 Å². The minimum Gasteiger partial charge on any atom is -0.497 e. The van der Waals surface area contributed by atoms with Crippen molar-refractivity contribution >= 4 is 33.0 Å². The molecule has 112 valence electrons. The average Bonchev–Trinajstić information content (AvgIpc) is 2.97. The normalized spacial score (nSPS) is 10.7. The van der Waals surface area contributed by atoms with E-state index >= 15 is 0 Å². The topological polar surface area (TPSA) is 42.4 Å². The molecule has 0 saturated carbocycles. The van der Waals surface area contributed by atoms with Crippen LogP contribution in [0.2, 0.25) is 0 Å². The number of carbonyl (C=O) groups excluding carboxylic acids is 1. The monoisotopic (exact) mass is 312 g/mol. The van der Waals surface area contributed by atoms with Gasteiger partial charge in [-0.1, -0.05) is 0 Å². The molecule has 4 nitrogen and oxygen atoms in total. The number of thiazole rings is 1. The Morgan fingerprint density at radius 2 is 1.86 bits per heavy atom. The number of methoxy groups -OCH3 is 1. The molecule has 22 heavy (non-hydrogen) atoms. The van der Waals surface area contributed by atoms with Gasteiger partial charge in [0.1, 0.15) is 5.75 Å². The van der Waals surface area contributed by atoms with Crippen molar-refractivity contribution in [3.05, 3.63) is 53.0 Å². The Bertz CT molecular complexity index is 822. The summed E-state index contributed by atoms with van der Waals surface area (Å²) in [6, 6.07) is 13.1. The van der Waals surface area contributed by atoms with Crippen molar-refractivity contribution in [2.45, 2.75) is 0 Å². The molecule has 3 aromatic rings. The van der Waals surface area contributed by atoms with E-state index in [0.29, 0.717) is 10.6 Å². The number of nitrogens with zero attached hydrogens (tertiary/aromatic N) is 2. The highest BCUT2D eigenvalue weighted by atomic mass is 32.1. The van der Waals surface area contributed by atoms with Crippen molar-refractivity contribution in [2.24, 2.45) is 0 Å². The number of fused-ring (bicyclic) bond motifs is 1. The van der Waals surface area contributed by atoms with Crippen LogP contribution in [0.15, 0.2) is 42.5 Å². The Labute approximate surface area is 133 Å². The molecule has 0 bridgehead atoms. The number of rotatable bonds is 4. The third-order valence-corrected chi connectivity index (χ3v) is 4.45. The van der Waals surface area contributed by atoms with Gasteiger partial charge in [0, 0.05) is 25.3 Å². The van der Waals surface area contributed by atoms with Gasteiger partial charge in [-0.15, -0.1) is 11.3 Å². The molecule has 0 fully saturated rings. The van der Waals surface area contributed by atoms with Crippen LogP contribution in [0, 0.1) is 0 Å². The fourth-order valence-electron chi connectivity index (χ4n) is 2.15. The number of benzene rings is 2. The zero-order valence-corrected chi connectivity index (χ0v) is 13.5. The number of ketones is 1. The molecule has 0 radical (unpaired) electrons. The Hall–Kier alpha value is -2.40. The van der Waals surface area contributed by atoms with Gasteiger partial charge in [-0.25, -0.2) is 4.98 Å². The van der Waals surface area contributed by atoms with E-state index in [1.807, 2.05) is 31.1 Å². The summed E-state index contributed by atoms with van der Waals surface area (Å²) in [6.07, 6.45) is 0. The zero-order valence-electron chi connectivity index (χ0n) is 12.7. The van der Waals surface area contributed by atoms with Crippen LogP contribution in [0.1, 0.15) is 15.4 Å². The second kappa shape index (κ2) is 5.77. The fourth-order valence-corrected chi connectivity index (χ4v) is 3.12. The second-order valence-corrected chi connectivity index (χ2v) is 6.15. The third kappa shape index (κ3) is 2.67. The van der Waals surface area contributed by atoms with Gasteiger partial charge < -0.3 is 9.64 Å². The van der Waals surface area contributed by atoms with Crippen molar-refractivity contribution < 1.29 is 9.53 Å². The van der Waals surface area contributed by atoms with Crippen LogP contribution >= 0.6 is 11.3 Å². The summed E-state index contributed by atoms with van der Waals surface area (Å²) in [6.45, 7) is 0. The van der Waals surface area contributed by atoms with E-state index in [4.69, 9.17) is 4.74 Å². The number of aromatic nitrogens is 1. The van der Waals surface area contributed by atoms with Crippen molar-refractivity contribution in [3.63, 3.8) is 0 Å². The second-order valence-electron chi connectivity index (χ2n) is 5.12. The van der Waals surface area contributed by atoms with Gasteiger partial charge in [0.25, 0.3) is 0 Å². The minimum absolute atomic E-state index is 0.0599. The summed E-state index contributed by atoms with van der Waals surface area (Å²) in [4.78, 5) is 19.0. The fraction of sp³-hybridized carbons (Fsp3) is 0.176. The van der Waals surface area contributed by atoms with Crippen LogP contribution < -0.4 is 9.64 Å². The van der Waals surface area contributed by atoms with E-state index in [1.54, 1.807) is 31.4 Å². The number of ether oxygens (including phenoxy) is 1. The van der Waals surface area contributed by atoms with Crippen molar-refractivity contribution in [3.8, 4) is 5.75 Å². The van der Waals surface area contributed by atoms with Crippen molar-refractivity contribution in [1.82, 2.24) is 4.98 Å². The molecule has 0 saturated heterocycles. The van der Waals surface area contributed by atoms with E-state index in [0.717, 1.165) is 21.7 Å². The van der Waals surface area contributed by atoms with E-state index < -0.39 is 0 Å². The Morgan fingerprint density at radius 3 is 2.50 bits per heavy atom. The molecule has 0 spiro atoms. The molecule has 1 aromatic heterocycles. The number of hydrogen-bond acceptors (Lipinski definition) is 5.